The molecule has 3 aliphatic heterocycles. The maximum atomic E-state index is 12.0. The molecule has 5 N–H and O–H groups in total. The summed E-state index contributed by atoms with van der Waals surface area (Å²) in [4.78, 5) is 30.4. The summed E-state index contributed by atoms with van der Waals surface area (Å²) in [6.45, 7) is 1.24. The van der Waals surface area contributed by atoms with Gasteiger partial charge in [-0.1, -0.05) is 12.1 Å². The molecule has 1 fully saturated rings. The molecule has 1 atom stereocenters. The molecule has 3 heterocycles. The van der Waals surface area contributed by atoms with Gasteiger partial charge in [0.15, 0.2) is 0 Å². The van der Waals surface area contributed by atoms with E-state index in [1.165, 1.54) is 5.57 Å². The van der Waals surface area contributed by atoms with Crippen LogP contribution in [-0.4, -0.2) is 41.7 Å². The van der Waals surface area contributed by atoms with Crippen LogP contribution in [0.3, 0.4) is 0 Å². The molecule has 1 unspecified atom stereocenters. The van der Waals surface area contributed by atoms with Crippen LogP contribution in [0.25, 0.3) is 0 Å². The maximum absolute atomic E-state index is 12.0. The van der Waals surface area contributed by atoms with E-state index in [4.69, 9.17) is 21.2 Å². The Morgan fingerprint density at radius 2 is 2.10 bits per heavy atom. The molecule has 0 radical (unpaired) electrons. The molecule has 8 heteroatoms. The fourth-order valence-corrected chi connectivity index (χ4v) is 4.27. The Hall–Kier alpha value is -3.55. The zero-order chi connectivity index (χ0) is 20.8. The second-order valence-electron chi connectivity index (χ2n) is 8.00. The summed E-state index contributed by atoms with van der Waals surface area (Å²) in [6, 6.07) is 6.75. The predicted molar refractivity (Wildman–Crippen MR) is 111 cm³/mol. The van der Waals surface area contributed by atoms with E-state index >= 15 is 0 Å². The number of ether oxygens (including phenoxy) is 1. The molecule has 4 aliphatic rings. The molecule has 30 heavy (non-hydrogen) atoms. The Bertz CT molecular complexity index is 1060. The SMILES string of the molecule is NC(=O)c1cccc(C2=NC=C3C(NC(C(N)=O)C4CC4)=COCC4=C3N2CC4)c1. The summed E-state index contributed by atoms with van der Waals surface area (Å²) in [5, 5.41) is 3.31. The number of rotatable bonds is 6. The number of primary amides is 2. The zero-order valence-electron chi connectivity index (χ0n) is 16.4. The van der Waals surface area contributed by atoms with Gasteiger partial charge in [0, 0.05) is 29.4 Å². The first-order valence-corrected chi connectivity index (χ1v) is 10.1. The van der Waals surface area contributed by atoms with Crippen LogP contribution in [0.1, 0.15) is 35.2 Å². The molecule has 1 aromatic carbocycles. The van der Waals surface area contributed by atoms with Gasteiger partial charge >= 0.3 is 0 Å². The third kappa shape index (κ3) is 3.14. The van der Waals surface area contributed by atoms with Gasteiger partial charge in [-0.3, -0.25) is 9.59 Å². The van der Waals surface area contributed by atoms with Crippen molar-refractivity contribution in [1.29, 1.82) is 0 Å². The van der Waals surface area contributed by atoms with Crippen molar-refractivity contribution >= 4 is 17.6 Å². The van der Waals surface area contributed by atoms with Crippen molar-refractivity contribution in [2.45, 2.75) is 25.3 Å². The van der Waals surface area contributed by atoms with Crippen LogP contribution in [0.2, 0.25) is 0 Å². The van der Waals surface area contributed by atoms with Gasteiger partial charge in [-0.15, -0.1) is 0 Å². The van der Waals surface area contributed by atoms with Crippen LogP contribution in [0.5, 0.6) is 0 Å². The van der Waals surface area contributed by atoms with Crippen LogP contribution in [-0.2, 0) is 9.53 Å². The fourth-order valence-electron chi connectivity index (χ4n) is 4.27. The number of nitrogens with one attached hydrogen (secondary N) is 1. The number of hydrogen-bond acceptors (Lipinski definition) is 6. The molecule has 1 aliphatic carbocycles. The van der Waals surface area contributed by atoms with Gasteiger partial charge < -0.3 is 26.4 Å². The van der Waals surface area contributed by atoms with E-state index in [0.29, 0.717) is 12.2 Å². The van der Waals surface area contributed by atoms with E-state index < -0.39 is 11.9 Å². The summed E-state index contributed by atoms with van der Waals surface area (Å²) in [5.41, 5.74) is 16.2. The Kier molecular flexibility index (Phi) is 4.34. The molecule has 2 amide bonds. The molecule has 8 nitrogen and oxygen atoms in total. The lowest BCUT2D eigenvalue weighted by atomic mass is 10.0. The topological polar surface area (TPSA) is 123 Å². The van der Waals surface area contributed by atoms with Crippen LogP contribution in [0, 0.1) is 5.92 Å². The van der Waals surface area contributed by atoms with E-state index in [1.807, 2.05) is 6.07 Å². The quantitative estimate of drug-likeness (QED) is 0.654. The lowest BCUT2D eigenvalue weighted by Crippen LogP contribution is -2.43. The Morgan fingerprint density at radius 3 is 2.83 bits per heavy atom. The third-order valence-corrected chi connectivity index (χ3v) is 5.93. The van der Waals surface area contributed by atoms with Crippen molar-refractivity contribution in [3.63, 3.8) is 0 Å². The molecule has 154 valence electrons. The number of carbonyl (C=O) groups excluding carboxylic acids is 2. The van der Waals surface area contributed by atoms with Crippen molar-refractivity contribution in [2.75, 3.05) is 13.2 Å². The Balaban J connectivity index is 1.53. The first kappa shape index (κ1) is 18.5. The molecular formula is C22H23N5O3. The summed E-state index contributed by atoms with van der Waals surface area (Å²) in [7, 11) is 0. The third-order valence-electron chi connectivity index (χ3n) is 5.93. The fraction of sp³-hybridized carbons (Fsp3) is 0.318. The van der Waals surface area contributed by atoms with Crippen molar-refractivity contribution < 1.29 is 14.3 Å². The van der Waals surface area contributed by atoms with Crippen LogP contribution >= 0.6 is 0 Å². The minimum absolute atomic E-state index is 0.263. The van der Waals surface area contributed by atoms with Crippen LogP contribution in [0.4, 0.5) is 0 Å². The first-order chi connectivity index (χ1) is 14.5. The normalized spacial score (nSPS) is 20.9. The van der Waals surface area contributed by atoms with E-state index in [2.05, 4.69) is 10.2 Å². The highest BCUT2D eigenvalue weighted by Gasteiger charge is 2.39. The molecule has 1 aromatic rings. The Labute approximate surface area is 173 Å². The average Bonchev–Trinajstić information content (AvgIpc) is 3.51. The Morgan fingerprint density at radius 1 is 1.27 bits per heavy atom. The lowest BCUT2D eigenvalue weighted by Gasteiger charge is -2.30. The summed E-state index contributed by atoms with van der Waals surface area (Å²) in [6.07, 6.45) is 6.29. The van der Waals surface area contributed by atoms with Gasteiger partial charge in [0.2, 0.25) is 11.8 Å². The number of carbonyl (C=O) groups is 2. The summed E-state index contributed by atoms with van der Waals surface area (Å²) in [5.74, 6) is 0.200. The van der Waals surface area contributed by atoms with Gasteiger partial charge in [-0.25, -0.2) is 4.99 Å². The number of aliphatic imine (C=N–C) groups is 1. The van der Waals surface area contributed by atoms with Crippen LogP contribution in [0.15, 0.2) is 64.3 Å². The number of nitrogens with two attached hydrogens (primary N) is 2. The molecule has 0 spiro atoms. The molecule has 0 aromatic heterocycles. The number of nitrogens with zero attached hydrogens (tertiary/aromatic N) is 2. The standard InChI is InChI=1S/C22H23N5O3/c23-20(28)13-2-1-3-14(8-13)22-25-9-16-17(26-18(21(24)29)12-4-5-12)11-30-10-15-6-7-27(22)19(15)16/h1-3,8-9,11-12,18,26H,4-7,10H2,(H2,23,28)(H2,24,29). The number of benzene rings is 1. The van der Waals surface area contributed by atoms with E-state index in [9.17, 15) is 9.59 Å². The molecule has 0 bridgehead atoms. The van der Waals surface area contributed by atoms with Crippen molar-refractivity contribution in [1.82, 2.24) is 10.2 Å². The van der Waals surface area contributed by atoms with Gasteiger partial charge in [-0.2, -0.15) is 0 Å². The second kappa shape index (κ2) is 7.05. The summed E-state index contributed by atoms with van der Waals surface area (Å²) >= 11 is 0. The van der Waals surface area contributed by atoms with Crippen molar-refractivity contribution in [3.8, 4) is 0 Å². The lowest BCUT2D eigenvalue weighted by molar-refractivity contribution is -0.120. The monoisotopic (exact) mass is 405 g/mol. The number of amidine groups is 1. The number of amides is 2. The van der Waals surface area contributed by atoms with E-state index in [-0.39, 0.29) is 11.8 Å². The van der Waals surface area contributed by atoms with Gasteiger partial charge in [0.25, 0.3) is 0 Å². The maximum Gasteiger partial charge on any atom is 0.248 e. The molecule has 1 saturated carbocycles. The largest absolute Gasteiger partial charge is 0.495 e. The summed E-state index contributed by atoms with van der Waals surface area (Å²) < 4.78 is 5.79. The van der Waals surface area contributed by atoms with Gasteiger partial charge in [0.05, 0.1) is 11.4 Å². The average molecular weight is 405 g/mol. The highest BCUT2D eigenvalue weighted by atomic mass is 16.5. The number of hydrogen-bond donors (Lipinski definition) is 3. The molecular weight excluding hydrogens is 382 g/mol. The van der Waals surface area contributed by atoms with E-state index in [0.717, 1.165) is 54.2 Å². The van der Waals surface area contributed by atoms with Crippen molar-refractivity contribution in [3.05, 3.63) is 70.4 Å². The van der Waals surface area contributed by atoms with Crippen LogP contribution < -0.4 is 16.8 Å². The van der Waals surface area contributed by atoms with Gasteiger partial charge in [0.1, 0.15) is 24.7 Å². The minimum Gasteiger partial charge on any atom is -0.495 e. The van der Waals surface area contributed by atoms with E-state index in [1.54, 1.807) is 30.7 Å². The smallest absolute Gasteiger partial charge is 0.248 e. The predicted octanol–water partition coefficient (Wildman–Crippen LogP) is 1.11. The highest BCUT2D eigenvalue weighted by molar-refractivity contribution is 6.04. The molecule has 5 rings (SSSR count). The second-order valence-corrected chi connectivity index (χ2v) is 8.00. The highest BCUT2D eigenvalue weighted by Crippen LogP contribution is 2.39. The first-order valence-electron chi connectivity index (χ1n) is 10.1. The van der Waals surface area contributed by atoms with Crippen molar-refractivity contribution in [2.24, 2.45) is 22.4 Å². The minimum atomic E-state index is -0.472. The van der Waals surface area contributed by atoms with Gasteiger partial charge in [-0.05, 0) is 42.9 Å². The molecule has 0 saturated heterocycles. The zero-order valence-corrected chi connectivity index (χ0v) is 16.4.